The number of hydrogen-bond acceptors (Lipinski definition) is 6. The summed E-state index contributed by atoms with van der Waals surface area (Å²) in [6, 6.07) is 0. The molecule has 21 heavy (non-hydrogen) atoms. The molecular weight excluding hydrogens is 284 g/mol. The molecule has 0 aromatic heterocycles. The van der Waals surface area contributed by atoms with Gasteiger partial charge in [-0.1, -0.05) is 12.8 Å². The fourth-order valence-corrected chi connectivity index (χ4v) is 1.55. The van der Waals surface area contributed by atoms with E-state index in [-0.39, 0.29) is 12.4 Å². The number of carbonyl (C=O) groups is 4. The minimum Gasteiger partial charge on any atom is -0.481 e. The fourth-order valence-electron chi connectivity index (χ4n) is 1.55. The van der Waals surface area contributed by atoms with Crippen LogP contribution in [0, 0.1) is 0 Å². The summed E-state index contributed by atoms with van der Waals surface area (Å²) in [5.41, 5.74) is 0. The minimum absolute atomic E-state index is 0.0155. The number of hydrogen-bond donors (Lipinski definition) is 2. The Morgan fingerprint density at radius 2 is 1.43 bits per heavy atom. The molecule has 0 aliphatic rings. The second-order valence-corrected chi connectivity index (χ2v) is 4.40. The largest absolute Gasteiger partial charge is 0.481 e. The quantitative estimate of drug-likeness (QED) is 0.427. The van der Waals surface area contributed by atoms with Crippen molar-refractivity contribution in [3.63, 3.8) is 0 Å². The number of methoxy groups -OCH3 is 1. The van der Waals surface area contributed by atoms with E-state index < -0.39 is 30.4 Å². The molecule has 0 heterocycles. The molecule has 8 heteroatoms. The third-order valence-corrected chi connectivity index (χ3v) is 2.65. The van der Waals surface area contributed by atoms with E-state index in [0.717, 1.165) is 6.42 Å². The first kappa shape index (κ1) is 18.9. The van der Waals surface area contributed by atoms with Crippen LogP contribution in [0.2, 0.25) is 0 Å². The van der Waals surface area contributed by atoms with Crippen LogP contribution in [0.3, 0.4) is 0 Å². The van der Waals surface area contributed by atoms with Crippen molar-refractivity contribution in [3.05, 3.63) is 0 Å². The molecule has 1 atom stereocenters. The van der Waals surface area contributed by atoms with E-state index in [0.29, 0.717) is 25.7 Å². The normalized spacial score (nSPS) is 11.5. The van der Waals surface area contributed by atoms with Gasteiger partial charge in [0.2, 0.25) is 6.10 Å². The van der Waals surface area contributed by atoms with Crippen molar-refractivity contribution in [1.29, 1.82) is 0 Å². The summed E-state index contributed by atoms with van der Waals surface area (Å²) < 4.78 is 9.07. The molecule has 1 unspecified atom stereocenters. The van der Waals surface area contributed by atoms with E-state index >= 15 is 0 Å². The molecule has 120 valence electrons. The molecule has 2 N–H and O–H groups in total. The van der Waals surface area contributed by atoms with Crippen molar-refractivity contribution < 1.29 is 38.9 Å². The molecule has 0 saturated carbocycles. The standard InChI is InChI=1S/C13H20O8/c1-20-11(16)6-4-2-3-5-7-12(17)21-9(13(18)19)8-10(14)15/h9H,2-8H2,1H3,(H,14,15)(H,18,19). The highest BCUT2D eigenvalue weighted by Crippen LogP contribution is 2.08. The number of carboxylic acids is 2. The van der Waals surface area contributed by atoms with E-state index in [1.807, 2.05) is 0 Å². The molecule has 0 amide bonds. The summed E-state index contributed by atoms with van der Waals surface area (Å²) in [6.07, 6.45) is 0.470. The lowest BCUT2D eigenvalue weighted by Crippen LogP contribution is -2.29. The van der Waals surface area contributed by atoms with Gasteiger partial charge in [0.25, 0.3) is 0 Å². The van der Waals surface area contributed by atoms with Gasteiger partial charge in [-0.3, -0.25) is 14.4 Å². The van der Waals surface area contributed by atoms with E-state index in [1.54, 1.807) is 0 Å². The zero-order chi connectivity index (χ0) is 16.3. The van der Waals surface area contributed by atoms with Gasteiger partial charge in [-0.05, 0) is 12.8 Å². The fraction of sp³-hybridized carbons (Fsp3) is 0.692. The van der Waals surface area contributed by atoms with E-state index in [1.165, 1.54) is 7.11 Å². The maximum atomic E-state index is 11.4. The summed E-state index contributed by atoms with van der Waals surface area (Å²) in [5.74, 6) is -3.86. The second kappa shape index (κ2) is 10.6. The summed E-state index contributed by atoms with van der Waals surface area (Å²) in [5, 5.41) is 17.2. The topological polar surface area (TPSA) is 127 Å². The third-order valence-electron chi connectivity index (χ3n) is 2.65. The molecule has 0 spiro atoms. The van der Waals surface area contributed by atoms with Crippen molar-refractivity contribution in [1.82, 2.24) is 0 Å². The van der Waals surface area contributed by atoms with Crippen LogP contribution < -0.4 is 0 Å². The number of unbranched alkanes of at least 4 members (excludes halogenated alkanes) is 3. The van der Waals surface area contributed by atoms with Crippen molar-refractivity contribution in [3.8, 4) is 0 Å². The zero-order valence-electron chi connectivity index (χ0n) is 11.9. The second-order valence-electron chi connectivity index (χ2n) is 4.40. The molecule has 0 fully saturated rings. The third kappa shape index (κ3) is 10.3. The maximum Gasteiger partial charge on any atom is 0.345 e. The van der Waals surface area contributed by atoms with Gasteiger partial charge in [-0.25, -0.2) is 4.79 Å². The van der Waals surface area contributed by atoms with Crippen LogP contribution in [-0.4, -0.2) is 47.3 Å². The minimum atomic E-state index is -1.66. The number of aliphatic carboxylic acids is 2. The average molecular weight is 304 g/mol. The smallest absolute Gasteiger partial charge is 0.345 e. The number of esters is 2. The Labute approximate surface area is 122 Å². The Morgan fingerprint density at radius 1 is 0.905 bits per heavy atom. The van der Waals surface area contributed by atoms with Crippen LogP contribution in [0.25, 0.3) is 0 Å². The van der Waals surface area contributed by atoms with Crippen molar-refractivity contribution in [2.24, 2.45) is 0 Å². The number of rotatable bonds is 11. The first-order chi connectivity index (χ1) is 9.86. The molecule has 8 nitrogen and oxygen atoms in total. The van der Waals surface area contributed by atoms with Gasteiger partial charge in [0.15, 0.2) is 0 Å². The molecular formula is C13H20O8. The van der Waals surface area contributed by atoms with Crippen molar-refractivity contribution in [2.75, 3.05) is 7.11 Å². The molecule has 0 rings (SSSR count). The van der Waals surface area contributed by atoms with Crippen LogP contribution in [0.4, 0.5) is 0 Å². The van der Waals surface area contributed by atoms with Crippen LogP contribution in [-0.2, 0) is 28.7 Å². The van der Waals surface area contributed by atoms with Gasteiger partial charge in [0.05, 0.1) is 13.5 Å². The summed E-state index contributed by atoms with van der Waals surface area (Å²) in [6.45, 7) is 0. The highest BCUT2D eigenvalue weighted by atomic mass is 16.6. The van der Waals surface area contributed by atoms with Gasteiger partial charge in [0.1, 0.15) is 0 Å². The number of carbonyl (C=O) groups excluding carboxylic acids is 2. The molecule has 0 aromatic rings. The number of ether oxygens (including phenoxy) is 2. The van der Waals surface area contributed by atoms with Gasteiger partial charge in [-0.15, -0.1) is 0 Å². The molecule has 0 aliphatic carbocycles. The predicted octanol–water partition coefficient (Wildman–Crippen LogP) is 0.971. The highest BCUT2D eigenvalue weighted by molar-refractivity contribution is 5.82. The van der Waals surface area contributed by atoms with Gasteiger partial charge in [0, 0.05) is 12.8 Å². The SMILES string of the molecule is COC(=O)CCCCCCC(=O)OC(CC(=O)O)C(=O)O. The summed E-state index contributed by atoms with van der Waals surface area (Å²) in [7, 11) is 1.31. The summed E-state index contributed by atoms with van der Waals surface area (Å²) >= 11 is 0. The monoisotopic (exact) mass is 304 g/mol. The van der Waals surface area contributed by atoms with Crippen molar-refractivity contribution in [2.45, 2.75) is 51.0 Å². The number of carboxylic acid groups (broad SMARTS) is 2. The Morgan fingerprint density at radius 3 is 1.86 bits per heavy atom. The Kier molecular flexibility index (Phi) is 9.57. The molecule has 0 radical (unpaired) electrons. The first-order valence-corrected chi connectivity index (χ1v) is 6.57. The van der Waals surface area contributed by atoms with Crippen LogP contribution >= 0.6 is 0 Å². The molecule has 0 bridgehead atoms. The lowest BCUT2D eigenvalue weighted by atomic mass is 10.1. The first-order valence-electron chi connectivity index (χ1n) is 6.57. The maximum absolute atomic E-state index is 11.4. The van der Waals surface area contributed by atoms with Crippen LogP contribution in [0.5, 0.6) is 0 Å². The van der Waals surface area contributed by atoms with Crippen LogP contribution in [0.1, 0.15) is 44.9 Å². The zero-order valence-corrected chi connectivity index (χ0v) is 11.9. The van der Waals surface area contributed by atoms with E-state index in [2.05, 4.69) is 9.47 Å². The molecule has 0 saturated heterocycles. The average Bonchev–Trinajstić information content (AvgIpc) is 2.40. The predicted molar refractivity (Wildman–Crippen MR) is 69.5 cm³/mol. The Hall–Kier alpha value is -2.12. The summed E-state index contributed by atoms with van der Waals surface area (Å²) in [4.78, 5) is 43.3. The van der Waals surface area contributed by atoms with Crippen molar-refractivity contribution >= 4 is 23.9 Å². The van der Waals surface area contributed by atoms with E-state index in [9.17, 15) is 19.2 Å². The van der Waals surface area contributed by atoms with Gasteiger partial charge < -0.3 is 19.7 Å². The Balaban J connectivity index is 3.80. The lowest BCUT2D eigenvalue weighted by Gasteiger charge is -2.11. The van der Waals surface area contributed by atoms with E-state index in [4.69, 9.17) is 10.2 Å². The van der Waals surface area contributed by atoms with Crippen LogP contribution in [0.15, 0.2) is 0 Å². The molecule has 0 aromatic carbocycles. The van der Waals surface area contributed by atoms with Gasteiger partial charge in [-0.2, -0.15) is 0 Å². The molecule has 0 aliphatic heterocycles. The van der Waals surface area contributed by atoms with Gasteiger partial charge >= 0.3 is 23.9 Å². The Bertz CT molecular complexity index is 376. The lowest BCUT2D eigenvalue weighted by molar-refractivity contribution is -0.167. The highest BCUT2D eigenvalue weighted by Gasteiger charge is 2.24.